The minimum absolute atomic E-state index is 0.0306. The number of aromatic nitrogens is 1. The Kier molecular flexibility index (Phi) is 7.16. The minimum Gasteiger partial charge on any atom is -0.489 e. The summed E-state index contributed by atoms with van der Waals surface area (Å²) in [6.07, 6.45) is 3.91. The first-order valence-corrected chi connectivity index (χ1v) is 9.87. The van der Waals surface area contributed by atoms with E-state index >= 15 is 0 Å². The van der Waals surface area contributed by atoms with Crippen molar-refractivity contribution in [3.63, 3.8) is 0 Å². The van der Waals surface area contributed by atoms with Gasteiger partial charge in [0.2, 0.25) is 5.91 Å². The number of hydrogen-bond donors (Lipinski definition) is 2. The molecule has 1 heterocycles. The van der Waals surface area contributed by atoms with Gasteiger partial charge in [-0.3, -0.25) is 14.6 Å². The molecule has 30 heavy (non-hydrogen) atoms. The molecule has 3 aromatic rings. The van der Waals surface area contributed by atoms with Crippen LogP contribution < -0.4 is 15.4 Å². The molecule has 154 valence electrons. The quantitative estimate of drug-likeness (QED) is 0.580. The molecule has 0 saturated heterocycles. The Balaban J connectivity index is 1.54. The second-order valence-corrected chi connectivity index (χ2v) is 6.89. The van der Waals surface area contributed by atoms with E-state index in [4.69, 9.17) is 4.74 Å². The van der Waals surface area contributed by atoms with Crippen LogP contribution in [-0.4, -0.2) is 16.8 Å². The number of pyridine rings is 1. The molecular formula is C24H25N3O3. The third kappa shape index (κ3) is 5.91. The predicted molar refractivity (Wildman–Crippen MR) is 116 cm³/mol. The van der Waals surface area contributed by atoms with Gasteiger partial charge in [0.25, 0.3) is 5.91 Å². The van der Waals surface area contributed by atoms with Crippen LogP contribution in [0.2, 0.25) is 0 Å². The number of rotatable bonds is 8. The lowest BCUT2D eigenvalue weighted by Crippen LogP contribution is -2.26. The van der Waals surface area contributed by atoms with Gasteiger partial charge in [-0.2, -0.15) is 0 Å². The Morgan fingerprint density at radius 1 is 1.03 bits per heavy atom. The Morgan fingerprint density at radius 2 is 1.77 bits per heavy atom. The molecule has 3 rings (SSSR count). The number of nitrogens with zero attached hydrogens (tertiary/aromatic N) is 1. The molecular weight excluding hydrogens is 378 g/mol. The van der Waals surface area contributed by atoms with Crippen molar-refractivity contribution in [2.75, 3.05) is 5.32 Å². The largest absolute Gasteiger partial charge is 0.489 e. The highest BCUT2D eigenvalue weighted by Gasteiger charge is 2.12. The van der Waals surface area contributed by atoms with Crippen molar-refractivity contribution in [2.24, 2.45) is 0 Å². The molecule has 0 bridgehead atoms. The first-order valence-electron chi connectivity index (χ1n) is 9.87. The van der Waals surface area contributed by atoms with Gasteiger partial charge in [-0.15, -0.1) is 0 Å². The monoisotopic (exact) mass is 403 g/mol. The van der Waals surface area contributed by atoms with Crippen LogP contribution in [0.25, 0.3) is 0 Å². The second-order valence-electron chi connectivity index (χ2n) is 6.89. The summed E-state index contributed by atoms with van der Waals surface area (Å²) in [5.74, 6) is 0.495. The van der Waals surface area contributed by atoms with Gasteiger partial charge in [0, 0.05) is 35.6 Å². The van der Waals surface area contributed by atoms with E-state index in [-0.39, 0.29) is 17.9 Å². The zero-order valence-electron chi connectivity index (χ0n) is 17.1. The van der Waals surface area contributed by atoms with E-state index in [9.17, 15) is 9.59 Å². The first kappa shape index (κ1) is 21.0. The molecule has 0 saturated carbocycles. The fraction of sp³-hybridized carbons (Fsp3) is 0.208. The molecule has 0 aliphatic rings. The van der Waals surface area contributed by atoms with Crippen molar-refractivity contribution in [1.82, 2.24) is 10.3 Å². The van der Waals surface area contributed by atoms with E-state index in [2.05, 4.69) is 15.6 Å². The maximum Gasteiger partial charge on any atom is 0.251 e. The van der Waals surface area contributed by atoms with Crippen LogP contribution in [0, 0.1) is 0 Å². The number of ether oxygens (including phenoxy) is 1. The smallest absolute Gasteiger partial charge is 0.251 e. The van der Waals surface area contributed by atoms with Gasteiger partial charge in [0.05, 0.1) is 6.04 Å². The van der Waals surface area contributed by atoms with Crippen LogP contribution in [0.3, 0.4) is 0 Å². The number of benzene rings is 2. The van der Waals surface area contributed by atoms with E-state index in [1.54, 1.807) is 43.6 Å². The lowest BCUT2D eigenvalue weighted by molar-refractivity contribution is -0.115. The minimum atomic E-state index is -0.171. The van der Waals surface area contributed by atoms with E-state index in [1.165, 1.54) is 0 Å². The molecule has 0 radical (unpaired) electrons. The summed E-state index contributed by atoms with van der Waals surface area (Å²) in [5.41, 5.74) is 3.23. The van der Waals surface area contributed by atoms with Crippen LogP contribution in [0.5, 0.6) is 5.75 Å². The average Bonchev–Trinajstić information content (AvgIpc) is 2.79. The lowest BCUT2D eigenvalue weighted by atomic mass is 10.1. The fourth-order valence-corrected chi connectivity index (χ4v) is 2.82. The summed E-state index contributed by atoms with van der Waals surface area (Å²) in [7, 11) is 0. The Labute approximate surface area is 176 Å². The molecule has 6 nitrogen and oxygen atoms in total. The number of carbonyl (C=O) groups is 2. The highest BCUT2D eigenvalue weighted by atomic mass is 16.5. The van der Waals surface area contributed by atoms with E-state index in [1.807, 2.05) is 43.3 Å². The maximum atomic E-state index is 12.6. The SMILES string of the molecule is CCC(=O)Nc1ccc(C(C)NC(=O)c2ccc(OCc3cccnc3)cc2)cc1. The summed E-state index contributed by atoms with van der Waals surface area (Å²) in [6.45, 7) is 4.15. The molecule has 0 aliphatic heterocycles. The second kappa shape index (κ2) is 10.2. The van der Waals surface area contributed by atoms with Gasteiger partial charge in [0.1, 0.15) is 12.4 Å². The van der Waals surface area contributed by atoms with Gasteiger partial charge in [0.15, 0.2) is 0 Å². The fourth-order valence-electron chi connectivity index (χ4n) is 2.82. The van der Waals surface area contributed by atoms with E-state index in [0.29, 0.717) is 24.3 Å². The van der Waals surface area contributed by atoms with Gasteiger partial charge < -0.3 is 15.4 Å². The summed E-state index contributed by atoms with van der Waals surface area (Å²) in [4.78, 5) is 28.1. The summed E-state index contributed by atoms with van der Waals surface area (Å²) in [5, 5.41) is 5.79. The third-order valence-corrected chi connectivity index (χ3v) is 4.61. The molecule has 1 unspecified atom stereocenters. The van der Waals surface area contributed by atoms with Gasteiger partial charge >= 0.3 is 0 Å². The van der Waals surface area contributed by atoms with Crippen LogP contribution in [0.1, 0.15) is 47.8 Å². The predicted octanol–water partition coefficient (Wildman–Crippen LogP) is 4.50. The Hall–Kier alpha value is -3.67. The highest BCUT2D eigenvalue weighted by Crippen LogP contribution is 2.18. The number of hydrogen-bond acceptors (Lipinski definition) is 4. The van der Waals surface area contributed by atoms with Gasteiger partial charge in [-0.05, 0) is 55.0 Å². The zero-order chi connectivity index (χ0) is 21.3. The van der Waals surface area contributed by atoms with Crippen LogP contribution >= 0.6 is 0 Å². The standard InChI is InChI=1S/C24H25N3O3/c1-3-23(28)27-21-10-6-19(7-11-21)17(2)26-24(29)20-8-12-22(13-9-20)30-16-18-5-4-14-25-15-18/h4-15,17H,3,16H2,1-2H3,(H,26,29)(H,27,28). The number of carbonyl (C=O) groups excluding carboxylic acids is 2. The highest BCUT2D eigenvalue weighted by molar-refractivity contribution is 5.94. The van der Waals surface area contributed by atoms with Crippen molar-refractivity contribution in [3.05, 3.63) is 89.7 Å². The van der Waals surface area contributed by atoms with Crippen LogP contribution in [0.15, 0.2) is 73.1 Å². The summed E-state index contributed by atoms with van der Waals surface area (Å²) >= 11 is 0. The lowest BCUT2D eigenvalue weighted by Gasteiger charge is -2.15. The third-order valence-electron chi connectivity index (χ3n) is 4.61. The topological polar surface area (TPSA) is 80.3 Å². The summed E-state index contributed by atoms with van der Waals surface area (Å²) < 4.78 is 5.72. The zero-order valence-corrected chi connectivity index (χ0v) is 17.1. The van der Waals surface area contributed by atoms with E-state index in [0.717, 1.165) is 16.8 Å². The molecule has 0 aliphatic carbocycles. The van der Waals surface area contributed by atoms with Crippen molar-refractivity contribution in [1.29, 1.82) is 0 Å². The van der Waals surface area contributed by atoms with Crippen molar-refractivity contribution in [3.8, 4) is 5.75 Å². The normalized spacial score (nSPS) is 11.4. The average molecular weight is 403 g/mol. The van der Waals surface area contributed by atoms with Crippen molar-refractivity contribution < 1.29 is 14.3 Å². The first-order chi connectivity index (χ1) is 14.5. The van der Waals surface area contributed by atoms with Crippen LogP contribution in [-0.2, 0) is 11.4 Å². The number of nitrogens with one attached hydrogen (secondary N) is 2. The molecule has 1 atom stereocenters. The Bertz CT molecular complexity index is 971. The molecule has 0 spiro atoms. The molecule has 6 heteroatoms. The van der Waals surface area contributed by atoms with Crippen molar-refractivity contribution >= 4 is 17.5 Å². The number of amides is 2. The van der Waals surface area contributed by atoms with E-state index < -0.39 is 0 Å². The Morgan fingerprint density at radius 3 is 2.40 bits per heavy atom. The van der Waals surface area contributed by atoms with Gasteiger partial charge in [-0.25, -0.2) is 0 Å². The van der Waals surface area contributed by atoms with Gasteiger partial charge in [-0.1, -0.05) is 25.1 Å². The van der Waals surface area contributed by atoms with Crippen molar-refractivity contribution in [2.45, 2.75) is 32.9 Å². The molecule has 2 N–H and O–H groups in total. The molecule has 0 fully saturated rings. The molecule has 2 aromatic carbocycles. The number of anilines is 1. The maximum absolute atomic E-state index is 12.6. The summed E-state index contributed by atoms with van der Waals surface area (Å²) in [6, 6.07) is 18.1. The van der Waals surface area contributed by atoms with Crippen LogP contribution in [0.4, 0.5) is 5.69 Å². The molecule has 2 amide bonds. The molecule has 1 aromatic heterocycles.